The number of esters is 1. The molecule has 0 aliphatic heterocycles. The minimum Gasteiger partial charge on any atom is -0.493 e. The predicted octanol–water partition coefficient (Wildman–Crippen LogP) is 3.89. The molecule has 0 amide bonds. The Morgan fingerprint density at radius 1 is 1.06 bits per heavy atom. The van der Waals surface area contributed by atoms with Gasteiger partial charge in [0.05, 0.1) is 24.1 Å². The quantitative estimate of drug-likeness (QED) is 0.186. The molecule has 9 nitrogen and oxygen atoms in total. The number of nitro groups is 1. The lowest BCUT2D eigenvalue weighted by molar-refractivity contribution is -0.386. The average Bonchev–Trinajstić information content (AvgIpc) is 3.01. The monoisotopic (exact) mass is 423 g/mol. The van der Waals surface area contributed by atoms with E-state index in [1.807, 2.05) is 0 Å². The van der Waals surface area contributed by atoms with Gasteiger partial charge in [0.15, 0.2) is 17.3 Å². The molecule has 0 fully saturated rings. The van der Waals surface area contributed by atoms with Gasteiger partial charge in [-0.05, 0) is 56.7 Å². The van der Waals surface area contributed by atoms with Crippen LogP contribution in [0.4, 0.5) is 5.69 Å². The summed E-state index contributed by atoms with van der Waals surface area (Å²) in [5.74, 6) is -0.220. The van der Waals surface area contributed by atoms with Crippen LogP contribution in [0.1, 0.15) is 44.6 Å². The Morgan fingerprint density at radius 3 is 2.26 bits per heavy atom. The minimum atomic E-state index is -0.581. The summed E-state index contributed by atoms with van der Waals surface area (Å²) in [7, 11) is 1.43. The molecule has 31 heavy (non-hydrogen) atoms. The molecule has 0 saturated carbocycles. The van der Waals surface area contributed by atoms with Gasteiger partial charge in [0.2, 0.25) is 0 Å². The van der Waals surface area contributed by atoms with E-state index in [1.165, 1.54) is 26.2 Å². The second kappa shape index (κ2) is 8.78. The first-order valence-electron chi connectivity index (χ1n) is 9.39. The standard InChI is InChI=1S/C22H21N3O6/c1-13-21(25(28)29)14(2)24(23-13)12-16-5-7-17(8-6-16)22(27)31-19-10-9-18(15(3)26)11-20(19)30-4/h5-11H,12H2,1-4H3. The molecule has 0 unspecified atom stereocenters. The van der Waals surface area contributed by atoms with Gasteiger partial charge in [-0.25, -0.2) is 4.79 Å². The Bertz CT molecular complexity index is 1160. The summed E-state index contributed by atoms with van der Waals surface area (Å²) in [6.07, 6.45) is 0. The van der Waals surface area contributed by atoms with Crippen LogP contribution < -0.4 is 9.47 Å². The van der Waals surface area contributed by atoms with E-state index in [-0.39, 0.29) is 23.0 Å². The predicted molar refractivity (Wildman–Crippen MR) is 112 cm³/mol. The van der Waals surface area contributed by atoms with Crippen LogP contribution in [0, 0.1) is 24.0 Å². The number of ketones is 1. The van der Waals surface area contributed by atoms with Gasteiger partial charge in [-0.15, -0.1) is 0 Å². The Kier molecular flexibility index (Phi) is 6.15. The van der Waals surface area contributed by atoms with Gasteiger partial charge < -0.3 is 9.47 Å². The number of methoxy groups -OCH3 is 1. The molecule has 9 heteroatoms. The van der Waals surface area contributed by atoms with Crippen molar-refractivity contribution in [1.29, 1.82) is 0 Å². The third-order valence-corrected chi connectivity index (χ3v) is 4.82. The smallest absolute Gasteiger partial charge is 0.343 e. The van der Waals surface area contributed by atoms with Crippen molar-refractivity contribution in [3.05, 3.63) is 80.7 Å². The average molecular weight is 423 g/mol. The highest BCUT2D eigenvalue weighted by Crippen LogP contribution is 2.29. The number of carbonyl (C=O) groups excluding carboxylic acids is 2. The maximum atomic E-state index is 12.5. The lowest BCUT2D eigenvalue weighted by Gasteiger charge is -2.10. The highest BCUT2D eigenvalue weighted by atomic mass is 16.6. The van der Waals surface area contributed by atoms with Crippen molar-refractivity contribution in [2.45, 2.75) is 27.3 Å². The topological polar surface area (TPSA) is 114 Å². The number of Topliss-reactive ketones (excluding diaryl/α,β-unsaturated/α-hetero) is 1. The van der Waals surface area contributed by atoms with Crippen LogP contribution in [-0.4, -0.2) is 33.6 Å². The highest BCUT2D eigenvalue weighted by molar-refractivity contribution is 5.95. The van der Waals surface area contributed by atoms with Crippen LogP contribution in [0.5, 0.6) is 11.5 Å². The van der Waals surface area contributed by atoms with E-state index in [1.54, 1.807) is 48.9 Å². The molecule has 0 radical (unpaired) electrons. The van der Waals surface area contributed by atoms with E-state index in [2.05, 4.69) is 5.10 Å². The van der Waals surface area contributed by atoms with Crippen molar-refractivity contribution in [1.82, 2.24) is 9.78 Å². The maximum Gasteiger partial charge on any atom is 0.343 e. The highest BCUT2D eigenvalue weighted by Gasteiger charge is 2.22. The molecule has 0 aliphatic rings. The normalized spacial score (nSPS) is 10.6. The Morgan fingerprint density at radius 2 is 1.71 bits per heavy atom. The summed E-state index contributed by atoms with van der Waals surface area (Å²) < 4.78 is 12.2. The number of carbonyl (C=O) groups is 2. The molecule has 0 saturated heterocycles. The van der Waals surface area contributed by atoms with Crippen molar-refractivity contribution < 1.29 is 24.0 Å². The molecule has 2 aromatic carbocycles. The second-order valence-corrected chi connectivity index (χ2v) is 6.94. The third kappa shape index (κ3) is 4.61. The number of benzene rings is 2. The zero-order valence-corrected chi connectivity index (χ0v) is 17.5. The first-order chi connectivity index (χ1) is 14.7. The number of ether oxygens (including phenoxy) is 2. The summed E-state index contributed by atoms with van der Waals surface area (Å²) >= 11 is 0. The zero-order valence-electron chi connectivity index (χ0n) is 17.5. The fourth-order valence-corrected chi connectivity index (χ4v) is 3.15. The van der Waals surface area contributed by atoms with Crippen LogP contribution in [0.2, 0.25) is 0 Å². The number of aromatic nitrogens is 2. The number of aryl methyl sites for hydroxylation is 1. The minimum absolute atomic E-state index is 0.00457. The van der Waals surface area contributed by atoms with Crippen LogP contribution in [0.15, 0.2) is 42.5 Å². The lowest BCUT2D eigenvalue weighted by Crippen LogP contribution is -2.10. The Labute approximate surface area is 178 Å². The molecule has 1 aromatic heterocycles. The van der Waals surface area contributed by atoms with E-state index in [9.17, 15) is 19.7 Å². The second-order valence-electron chi connectivity index (χ2n) is 6.94. The summed E-state index contributed by atoms with van der Waals surface area (Å²) in [6, 6.07) is 11.3. The van der Waals surface area contributed by atoms with Gasteiger partial charge in [-0.2, -0.15) is 5.10 Å². The van der Waals surface area contributed by atoms with Crippen molar-refractivity contribution in [3.8, 4) is 11.5 Å². The summed E-state index contributed by atoms with van der Waals surface area (Å²) in [4.78, 5) is 34.7. The molecule has 0 bridgehead atoms. The van der Waals surface area contributed by atoms with E-state index in [0.717, 1.165) is 5.56 Å². The van der Waals surface area contributed by atoms with E-state index in [0.29, 0.717) is 29.1 Å². The van der Waals surface area contributed by atoms with Gasteiger partial charge in [0.1, 0.15) is 11.4 Å². The Hall–Kier alpha value is -4.01. The van der Waals surface area contributed by atoms with Gasteiger partial charge in [-0.3, -0.25) is 19.6 Å². The maximum absolute atomic E-state index is 12.5. The van der Waals surface area contributed by atoms with Crippen molar-refractivity contribution in [2.24, 2.45) is 0 Å². The molecule has 0 aliphatic carbocycles. The lowest BCUT2D eigenvalue weighted by atomic mass is 10.1. The van der Waals surface area contributed by atoms with Crippen LogP contribution >= 0.6 is 0 Å². The molecule has 3 rings (SSSR count). The third-order valence-electron chi connectivity index (χ3n) is 4.82. The van der Waals surface area contributed by atoms with Crippen LogP contribution in [-0.2, 0) is 6.54 Å². The first kappa shape index (κ1) is 21.7. The number of hydrogen-bond donors (Lipinski definition) is 0. The molecule has 0 N–H and O–H groups in total. The largest absolute Gasteiger partial charge is 0.493 e. The zero-order chi connectivity index (χ0) is 22.7. The van der Waals surface area contributed by atoms with E-state index < -0.39 is 10.9 Å². The van der Waals surface area contributed by atoms with Crippen molar-refractivity contribution in [2.75, 3.05) is 7.11 Å². The molecule has 160 valence electrons. The number of hydrogen-bond acceptors (Lipinski definition) is 7. The number of rotatable bonds is 7. The number of nitrogens with zero attached hydrogens (tertiary/aromatic N) is 3. The van der Waals surface area contributed by atoms with Crippen molar-refractivity contribution in [3.63, 3.8) is 0 Å². The van der Waals surface area contributed by atoms with Crippen molar-refractivity contribution >= 4 is 17.4 Å². The van der Waals surface area contributed by atoms with E-state index in [4.69, 9.17) is 9.47 Å². The Balaban J connectivity index is 1.75. The summed E-state index contributed by atoms with van der Waals surface area (Å²) in [5, 5.41) is 15.4. The van der Waals surface area contributed by atoms with Gasteiger partial charge in [0.25, 0.3) is 0 Å². The summed E-state index contributed by atoms with van der Waals surface area (Å²) in [6.45, 7) is 5.01. The van der Waals surface area contributed by atoms with E-state index >= 15 is 0 Å². The molecule has 0 spiro atoms. The van der Waals surface area contributed by atoms with Gasteiger partial charge >= 0.3 is 11.7 Å². The van der Waals surface area contributed by atoms with Crippen LogP contribution in [0.25, 0.3) is 0 Å². The fraction of sp³-hybridized carbons (Fsp3) is 0.227. The van der Waals surface area contributed by atoms with Crippen LogP contribution in [0.3, 0.4) is 0 Å². The van der Waals surface area contributed by atoms with Gasteiger partial charge in [-0.1, -0.05) is 12.1 Å². The first-order valence-corrected chi connectivity index (χ1v) is 9.39. The molecule has 0 atom stereocenters. The molecule has 3 aromatic rings. The van der Waals surface area contributed by atoms with Gasteiger partial charge in [0, 0.05) is 5.56 Å². The SMILES string of the molecule is COc1cc(C(C)=O)ccc1OC(=O)c1ccc(Cn2nc(C)c([N+](=O)[O-])c2C)cc1. The fourth-order valence-electron chi connectivity index (χ4n) is 3.15. The molecular weight excluding hydrogens is 402 g/mol. The molecule has 1 heterocycles. The summed E-state index contributed by atoms with van der Waals surface area (Å²) in [5.41, 5.74) is 2.41. The molecular formula is C22H21N3O6.